The topological polar surface area (TPSA) is 72.2 Å². The summed E-state index contributed by atoms with van der Waals surface area (Å²) in [7, 11) is -3.61. The fourth-order valence-corrected chi connectivity index (χ4v) is 3.31. The highest BCUT2D eigenvalue weighted by Gasteiger charge is 2.17. The highest BCUT2D eigenvalue weighted by atomic mass is 32.2. The molecule has 2 aromatic carbocycles. The highest BCUT2D eigenvalue weighted by Crippen LogP contribution is 2.17. The summed E-state index contributed by atoms with van der Waals surface area (Å²) in [4.78, 5) is 0.373. The Morgan fingerprint density at radius 2 is 1.86 bits per heavy atom. The van der Waals surface area contributed by atoms with Crippen molar-refractivity contribution in [1.82, 2.24) is 4.72 Å². The normalized spacial score (nSPS) is 11.3. The maximum Gasteiger partial charge on any atom is 0.241 e. The summed E-state index contributed by atoms with van der Waals surface area (Å²) in [5, 5.41) is 0. The van der Waals surface area contributed by atoms with E-state index in [-0.39, 0.29) is 16.4 Å². The van der Waals surface area contributed by atoms with Crippen LogP contribution in [0, 0.1) is 6.92 Å². The predicted octanol–water partition coefficient (Wildman–Crippen LogP) is 2.11. The Kier molecular flexibility index (Phi) is 4.72. The van der Waals surface area contributed by atoms with E-state index in [2.05, 4.69) is 4.72 Å². The van der Waals surface area contributed by atoms with Gasteiger partial charge in [-0.1, -0.05) is 54.7 Å². The second kappa shape index (κ2) is 6.34. The third-order valence-corrected chi connectivity index (χ3v) is 4.85. The molecule has 110 valence electrons. The first-order chi connectivity index (χ1) is 9.90. The van der Waals surface area contributed by atoms with E-state index in [0.717, 1.165) is 5.56 Å². The third kappa shape index (κ3) is 3.87. The summed E-state index contributed by atoms with van der Waals surface area (Å²) in [5.41, 5.74) is 7.64. The fourth-order valence-electron chi connectivity index (χ4n) is 1.89. The van der Waals surface area contributed by atoms with Gasteiger partial charge in [0.25, 0.3) is 0 Å². The number of nitrogens with two attached hydrogens (primary N) is 1. The molecule has 0 aromatic heterocycles. The van der Waals surface area contributed by atoms with Crippen molar-refractivity contribution in [3.8, 4) is 0 Å². The predicted molar refractivity (Wildman–Crippen MR) is 87.5 cm³/mol. The minimum absolute atomic E-state index is 0.175. The van der Waals surface area contributed by atoms with E-state index in [0.29, 0.717) is 11.1 Å². The molecule has 0 unspecified atom stereocenters. The Morgan fingerprint density at radius 3 is 2.48 bits per heavy atom. The van der Waals surface area contributed by atoms with Crippen LogP contribution in [0.4, 0.5) is 0 Å². The summed E-state index contributed by atoms with van der Waals surface area (Å²) in [6.07, 6.45) is 0. The molecular weight excluding hydrogens is 304 g/mol. The summed E-state index contributed by atoms with van der Waals surface area (Å²) in [6, 6.07) is 14.3. The van der Waals surface area contributed by atoms with Gasteiger partial charge >= 0.3 is 0 Å². The van der Waals surface area contributed by atoms with E-state index in [1.807, 2.05) is 30.3 Å². The van der Waals surface area contributed by atoms with Crippen LogP contribution in [0.25, 0.3) is 0 Å². The molecule has 0 heterocycles. The molecule has 0 amide bonds. The largest absolute Gasteiger partial charge is 0.389 e. The van der Waals surface area contributed by atoms with Gasteiger partial charge in [0.15, 0.2) is 0 Å². The molecule has 6 heteroatoms. The number of rotatable bonds is 5. The molecule has 0 bridgehead atoms. The number of aryl methyl sites for hydroxylation is 1. The zero-order valence-corrected chi connectivity index (χ0v) is 13.2. The molecule has 0 aliphatic heterocycles. The van der Waals surface area contributed by atoms with Gasteiger partial charge in [0.2, 0.25) is 10.0 Å². The second-order valence-corrected chi connectivity index (χ2v) is 6.83. The number of benzene rings is 2. The molecule has 0 radical (unpaired) electrons. The van der Waals surface area contributed by atoms with Gasteiger partial charge in [0.05, 0.1) is 4.90 Å². The molecule has 0 atom stereocenters. The molecule has 0 fully saturated rings. The monoisotopic (exact) mass is 320 g/mol. The Morgan fingerprint density at radius 1 is 1.19 bits per heavy atom. The van der Waals surface area contributed by atoms with Gasteiger partial charge in [-0.05, 0) is 24.1 Å². The summed E-state index contributed by atoms with van der Waals surface area (Å²) >= 11 is 4.89. The van der Waals surface area contributed by atoms with Crippen LogP contribution in [0.1, 0.15) is 16.7 Å². The van der Waals surface area contributed by atoms with Crippen LogP contribution in [0.3, 0.4) is 0 Å². The quantitative estimate of drug-likeness (QED) is 0.828. The lowest BCUT2D eigenvalue weighted by Crippen LogP contribution is -2.24. The van der Waals surface area contributed by atoms with E-state index in [4.69, 9.17) is 18.0 Å². The van der Waals surface area contributed by atoms with E-state index < -0.39 is 10.0 Å². The molecule has 0 aliphatic carbocycles. The highest BCUT2D eigenvalue weighted by molar-refractivity contribution is 7.89. The zero-order chi connectivity index (χ0) is 15.5. The van der Waals surface area contributed by atoms with Gasteiger partial charge in [-0.15, -0.1) is 0 Å². The number of sulfonamides is 1. The third-order valence-electron chi connectivity index (χ3n) is 3.07. The number of hydrogen-bond donors (Lipinski definition) is 2. The van der Waals surface area contributed by atoms with E-state index in [9.17, 15) is 8.42 Å². The van der Waals surface area contributed by atoms with Crippen molar-refractivity contribution < 1.29 is 8.42 Å². The molecule has 0 spiro atoms. The van der Waals surface area contributed by atoms with Gasteiger partial charge in [0.1, 0.15) is 4.99 Å². The van der Waals surface area contributed by atoms with Crippen LogP contribution < -0.4 is 10.5 Å². The first-order valence-electron chi connectivity index (χ1n) is 6.34. The minimum atomic E-state index is -3.61. The van der Waals surface area contributed by atoms with Gasteiger partial charge in [-0.3, -0.25) is 0 Å². The summed E-state index contributed by atoms with van der Waals surface area (Å²) in [5.74, 6) is 0. The lowest BCUT2D eigenvalue weighted by Gasteiger charge is -2.11. The summed E-state index contributed by atoms with van der Waals surface area (Å²) in [6.45, 7) is 1.97. The molecule has 0 saturated carbocycles. The van der Waals surface area contributed by atoms with Gasteiger partial charge in [0, 0.05) is 12.1 Å². The molecule has 0 aliphatic rings. The van der Waals surface area contributed by atoms with Crippen molar-refractivity contribution >= 4 is 27.2 Å². The van der Waals surface area contributed by atoms with Crippen LogP contribution in [0.15, 0.2) is 53.4 Å². The molecule has 2 aromatic rings. The van der Waals surface area contributed by atoms with Crippen LogP contribution in [-0.4, -0.2) is 13.4 Å². The molecule has 0 saturated heterocycles. The smallest absolute Gasteiger partial charge is 0.241 e. The molecule has 21 heavy (non-hydrogen) atoms. The Balaban J connectivity index is 2.27. The van der Waals surface area contributed by atoms with Crippen molar-refractivity contribution in [3.63, 3.8) is 0 Å². The second-order valence-electron chi connectivity index (χ2n) is 4.65. The van der Waals surface area contributed by atoms with Crippen molar-refractivity contribution in [2.45, 2.75) is 18.4 Å². The number of thiocarbonyl (C=S) groups is 1. The van der Waals surface area contributed by atoms with Crippen LogP contribution in [0.2, 0.25) is 0 Å². The average Bonchev–Trinajstić information content (AvgIpc) is 2.46. The standard InChI is InChI=1S/C15H16N2O2S2/c1-11-7-8-13(15(16)20)9-14(11)21(18,19)17-10-12-5-3-2-4-6-12/h2-9,17H,10H2,1H3,(H2,16,20). The Labute approximate surface area is 130 Å². The van der Waals surface area contributed by atoms with Crippen LogP contribution >= 0.6 is 12.2 Å². The van der Waals surface area contributed by atoms with E-state index in [1.54, 1.807) is 19.1 Å². The molecule has 3 N–H and O–H groups in total. The molecule has 2 rings (SSSR count). The van der Waals surface area contributed by atoms with Crippen molar-refractivity contribution in [2.75, 3.05) is 0 Å². The van der Waals surface area contributed by atoms with Gasteiger partial charge in [-0.25, -0.2) is 13.1 Å². The van der Waals surface area contributed by atoms with Gasteiger partial charge in [-0.2, -0.15) is 0 Å². The number of nitrogens with one attached hydrogen (secondary N) is 1. The van der Waals surface area contributed by atoms with E-state index >= 15 is 0 Å². The summed E-state index contributed by atoms with van der Waals surface area (Å²) < 4.78 is 27.4. The maximum atomic E-state index is 12.4. The van der Waals surface area contributed by atoms with Crippen molar-refractivity contribution in [2.24, 2.45) is 5.73 Å². The van der Waals surface area contributed by atoms with Gasteiger partial charge < -0.3 is 5.73 Å². The lowest BCUT2D eigenvalue weighted by atomic mass is 10.1. The molecular formula is C15H16N2O2S2. The maximum absolute atomic E-state index is 12.4. The SMILES string of the molecule is Cc1ccc(C(N)=S)cc1S(=O)(=O)NCc1ccccc1. The van der Waals surface area contributed by atoms with Crippen molar-refractivity contribution in [3.05, 3.63) is 65.2 Å². The fraction of sp³-hybridized carbons (Fsp3) is 0.133. The zero-order valence-electron chi connectivity index (χ0n) is 11.5. The molecule has 4 nitrogen and oxygen atoms in total. The first kappa shape index (κ1) is 15.6. The first-order valence-corrected chi connectivity index (χ1v) is 8.23. The van der Waals surface area contributed by atoms with E-state index in [1.165, 1.54) is 6.07 Å². The Bertz CT molecular complexity index is 756. The van der Waals surface area contributed by atoms with Crippen molar-refractivity contribution in [1.29, 1.82) is 0 Å². The Hall–Kier alpha value is -1.76. The minimum Gasteiger partial charge on any atom is -0.389 e. The number of hydrogen-bond acceptors (Lipinski definition) is 3. The van der Waals surface area contributed by atoms with Crippen LogP contribution in [0.5, 0.6) is 0 Å². The van der Waals surface area contributed by atoms with Crippen LogP contribution in [-0.2, 0) is 16.6 Å². The lowest BCUT2D eigenvalue weighted by molar-refractivity contribution is 0.580. The average molecular weight is 320 g/mol.